The molecule has 1 saturated carbocycles. The molecular weight excluding hydrogens is 284 g/mol. The first-order valence-electron chi connectivity index (χ1n) is 7.99. The average molecular weight is 308 g/mol. The summed E-state index contributed by atoms with van der Waals surface area (Å²) in [6.07, 6.45) is 5.39. The van der Waals surface area contributed by atoms with Crippen LogP contribution in [0.1, 0.15) is 56.6 Å². The van der Waals surface area contributed by atoms with Crippen LogP contribution in [-0.4, -0.2) is 23.2 Å². The monoisotopic (exact) mass is 308 g/mol. The topological polar surface area (TPSA) is 47.1 Å². The molecule has 1 N–H and O–H groups in total. The smallest absolute Gasteiger partial charge is 0.140 e. The fraction of sp³-hybridized carbons (Fsp3) is 0.750. The number of ether oxygens (including phenoxy) is 2. The largest absolute Gasteiger partial charge is 0.376 e. The molecule has 2 unspecified atom stereocenters. The van der Waals surface area contributed by atoms with Gasteiger partial charge in [-0.05, 0) is 32.1 Å². The lowest BCUT2D eigenvalue weighted by molar-refractivity contribution is -0.0884. The molecule has 0 radical (unpaired) electrons. The lowest BCUT2D eigenvalue weighted by Crippen LogP contribution is -2.38. The van der Waals surface area contributed by atoms with Gasteiger partial charge in [0.1, 0.15) is 16.1 Å². The van der Waals surface area contributed by atoms with E-state index in [4.69, 9.17) is 21.7 Å². The number of hydrogen-bond donors (Lipinski definition) is 1. The number of fused-ring (bicyclic) bond motifs is 1. The number of nitrogens with one attached hydrogen (secondary N) is 1. The van der Waals surface area contributed by atoms with Crippen molar-refractivity contribution < 1.29 is 9.47 Å². The van der Waals surface area contributed by atoms with E-state index in [1.165, 1.54) is 18.5 Å². The van der Waals surface area contributed by atoms with Crippen LogP contribution in [-0.2, 0) is 28.1 Å². The van der Waals surface area contributed by atoms with Crippen LogP contribution in [0.15, 0.2) is 0 Å². The van der Waals surface area contributed by atoms with Gasteiger partial charge in [-0.15, -0.1) is 0 Å². The Hall–Kier alpha value is -0.780. The lowest BCUT2D eigenvalue weighted by atomic mass is 9.78. The molecule has 1 fully saturated rings. The summed E-state index contributed by atoms with van der Waals surface area (Å²) < 4.78 is 12.4. The number of aromatic nitrogens is 2. The van der Waals surface area contributed by atoms with Crippen molar-refractivity contribution >= 4 is 12.2 Å². The second kappa shape index (κ2) is 6.15. The Morgan fingerprint density at radius 1 is 1.52 bits per heavy atom. The summed E-state index contributed by atoms with van der Waals surface area (Å²) in [7, 11) is 0. The Kier molecular flexibility index (Phi) is 4.43. The lowest BCUT2D eigenvalue weighted by Gasteiger charge is -2.39. The zero-order chi connectivity index (χ0) is 14.9. The molecule has 2 atom stereocenters. The van der Waals surface area contributed by atoms with E-state index in [0.717, 1.165) is 37.3 Å². The fourth-order valence-electron chi connectivity index (χ4n) is 3.66. The van der Waals surface area contributed by atoms with E-state index in [2.05, 4.69) is 23.8 Å². The normalized spacial score (nSPS) is 29.1. The molecule has 21 heavy (non-hydrogen) atoms. The van der Waals surface area contributed by atoms with E-state index in [1.807, 2.05) is 0 Å². The molecule has 1 aromatic rings. The third-order valence-corrected chi connectivity index (χ3v) is 4.99. The third kappa shape index (κ3) is 2.91. The van der Waals surface area contributed by atoms with E-state index in [0.29, 0.717) is 23.8 Å². The fourth-order valence-corrected chi connectivity index (χ4v) is 3.94. The van der Waals surface area contributed by atoms with Gasteiger partial charge in [-0.1, -0.05) is 25.6 Å². The minimum absolute atomic E-state index is 0.284. The van der Waals surface area contributed by atoms with Crippen LogP contribution in [0.3, 0.4) is 0 Å². The summed E-state index contributed by atoms with van der Waals surface area (Å²) in [5.74, 6) is 1.59. The van der Waals surface area contributed by atoms with Crippen molar-refractivity contribution in [3.63, 3.8) is 0 Å². The van der Waals surface area contributed by atoms with Gasteiger partial charge in [-0.3, -0.25) is 0 Å². The quantitative estimate of drug-likeness (QED) is 0.866. The average Bonchev–Trinajstić information content (AvgIpc) is 2.47. The van der Waals surface area contributed by atoms with Gasteiger partial charge in [-0.25, -0.2) is 4.98 Å². The minimum Gasteiger partial charge on any atom is -0.376 e. The van der Waals surface area contributed by atoms with Crippen molar-refractivity contribution in [3.8, 4) is 0 Å². The molecule has 4 nitrogen and oxygen atoms in total. The first kappa shape index (κ1) is 15.1. The van der Waals surface area contributed by atoms with Crippen LogP contribution in [0.5, 0.6) is 0 Å². The Labute approximate surface area is 131 Å². The van der Waals surface area contributed by atoms with Gasteiger partial charge >= 0.3 is 0 Å². The van der Waals surface area contributed by atoms with Gasteiger partial charge in [0.15, 0.2) is 0 Å². The van der Waals surface area contributed by atoms with Crippen molar-refractivity contribution in [2.45, 2.75) is 58.2 Å². The molecule has 0 amide bonds. The van der Waals surface area contributed by atoms with Crippen LogP contribution >= 0.6 is 12.2 Å². The zero-order valence-electron chi connectivity index (χ0n) is 12.9. The summed E-state index contributed by atoms with van der Waals surface area (Å²) in [5, 5.41) is 0. The van der Waals surface area contributed by atoms with E-state index >= 15 is 0 Å². The minimum atomic E-state index is -0.284. The van der Waals surface area contributed by atoms with Gasteiger partial charge in [0, 0.05) is 24.3 Å². The van der Waals surface area contributed by atoms with E-state index in [1.54, 1.807) is 0 Å². The number of rotatable bonds is 3. The van der Waals surface area contributed by atoms with Crippen molar-refractivity contribution in [1.29, 1.82) is 0 Å². The highest BCUT2D eigenvalue weighted by Crippen LogP contribution is 2.41. The van der Waals surface area contributed by atoms with Crippen LogP contribution in [0.25, 0.3) is 0 Å². The molecule has 0 aromatic carbocycles. The molecule has 0 spiro atoms. The molecular formula is C16H24N2O2S. The molecule has 116 valence electrons. The molecule has 0 bridgehead atoms. The summed E-state index contributed by atoms with van der Waals surface area (Å²) in [5.41, 5.74) is 1.96. The first-order valence-corrected chi connectivity index (χ1v) is 8.39. The highest BCUT2D eigenvalue weighted by atomic mass is 32.1. The number of H-pyrrole nitrogens is 1. The standard InChI is InChI=1S/C16H24N2O2S/c1-3-20-16(7-4-5-11(2)9-16)15-17-13-6-8-19-10-12(13)14(21)18-15/h11H,3-10H2,1-2H3,(H,17,18,21). The third-order valence-electron chi connectivity index (χ3n) is 4.66. The van der Waals surface area contributed by atoms with Crippen LogP contribution in [0, 0.1) is 10.6 Å². The molecule has 0 saturated heterocycles. The predicted molar refractivity (Wildman–Crippen MR) is 83.7 cm³/mol. The Morgan fingerprint density at radius 2 is 2.38 bits per heavy atom. The zero-order valence-corrected chi connectivity index (χ0v) is 13.7. The van der Waals surface area contributed by atoms with Crippen LogP contribution in [0.4, 0.5) is 0 Å². The van der Waals surface area contributed by atoms with Crippen molar-refractivity contribution in [2.24, 2.45) is 5.92 Å². The van der Waals surface area contributed by atoms with Crippen LogP contribution < -0.4 is 0 Å². The second-order valence-electron chi connectivity index (χ2n) is 6.28. The summed E-state index contributed by atoms with van der Waals surface area (Å²) in [6.45, 7) is 6.39. The number of nitrogens with zero attached hydrogens (tertiary/aromatic N) is 1. The summed E-state index contributed by atoms with van der Waals surface area (Å²) >= 11 is 5.49. The molecule has 1 aromatic heterocycles. The SMILES string of the molecule is CCOC1(c2nc(=S)c3c([nH]2)CCOC3)CCCC(C)C1. The van der Waals surface area contributed by atoms with E-state index < -0.39 is 0 Å². The second-order valence-corrected chi connectivity index (χ2v) is 6.67. The van der Waals surface area contributed by atoms with E-state index in [9.17, 15) is 0 Å². The first-order chi connectivity index (χ1) is 10.1. The Balaban J connectivity index is 2.03. The van der Waals surface area contributed by atoms with Gasteiger partial charge in [0.2, 0.25) is 0 Å². The highest BCUT2D eigenvalue weighted by Gasteiger charge is 2.40. The van der Waals surface area contributed by atoms with Gasteiger partial charge in [0.25, 0.3) is 0 Å². The number of aromatic amines is 1. The Bertz CT molecular complexity index is 568. The maximum Gasteiger partial charge on any atom is 0.140 e. The van der Waals surface area contributed by atoms with Gasteiger partial charge in [-0.2, -0.15) is 0 Å². The molecule has 1 aliphatic heterocycles. The summed E-state index contributed by atoms with van der Waals surface area (Å²) in [6, 6.07) is 0. The maximum atomic E-state index is 6.20. The molecule has 3 rings (SSSR count). The molecule has 2 aliphatic rings. The van der Waals surface area contributed by atoms with Crippen molar-refractivity contribution in [2.75, 3.05) is 13.2 Å². The Morgan fingerprint density at radius 3 is 3.14 bits per heavy atom. The van der Waals surface area contributed by atoms with Crippen molar-refractivity contribution in [3.05, 3.63) is 21.7 Å². The molecule has 2 heterocycles. The van der Waals surface area contributed by atoms with Gasteiger partial charge in [0.05, 0.1) is 13.2 Å². The van der Waals surface area contributed by atoms with Crippen LogP contribution in [0.2, 0.25) is 0 Å². The predicted octanol–water partition coefficient (Wildman–Crippen LogP) is 3.65. The molecule has 5 heteroatoms. The summed E-state index contributed by atoms with van der Waals surface area (Å²) in [4.78, 5) is 8.23. The van der Waals surface area contributed by atoms with Crippen molar-refractivity contribution in [1.82, 2.24) is 9.97 Å². The number of hydrogen-bond acceptors (Lipinski definition) is 4. The van der Waals surface area contributed by atoms with E-state index in [-0.39, 0.29) is 5.60 Å². The molecule has 1 aliphatic carbocycles. The highest BCUT2D eigenvalue weighted by molar-refractivity contribution is 7.71. The van der Waals surface area contributed by atoms with Gasteiger partial charge < -0.3 is 14.5 Å². The maximum absolute atomic E-state index is 6.20.